The molecule has 0 radical (unpaired) electrons. The number of halogens is 2. The lowest BCUT2D eigenvalue weighted by Gasteiger charge is -1.95. The van der Waals surface area contributed by atoms with E-state index in [-0.39, 0.29) is 0 Å². The van der Waals surface area contributed by atoms with Crippen molar-refractivity contribution in [1.29, 1.82) is 0 Å². The first-order chi connectivity index (χ1) is 5.00. The molecule has 0 atom stereocenters. The second-order valence-corrected chi connectivity index (χ2v) is 3.18. The van der Waals surface area contributed by atoms with Crippen molar-refractivity contribution < 1.29 is 0 Å². The molecule has 0 rings (SSSR count). The van der Waals surface area contributed by atoms with Crippen LogP contribution in [0.1, 0.15) is 34.6 Å². The highest BCUT2D eigenvalue weighted by Crippen LogP contribution is 1.89. The molecule has 1 N–H and O–H groups in total. The SMILES string of the molecule is CC(C)C.CNC(C)C.II. The van der Waals surface area contributed by atoms with Crippen molar-refractivity contribution >= 4 is 37.2 Å². The molecule has 0 spiro atoms. The third-order valence-corrected chi connectivity index (χ3v) is 0.577. The molecule has 3 heteroatoms. The minimum Gasteiger partial charge on any atom is -0.318 e. The minimum atomic E-state index is 0.634. The van der Waals surface area contributed by atoms with E-state index in [1.54, 1.807) is 0 Å². The van der Waals surface area contributed by atoms with Crippen LogP contribution in [0.2, 0.25) is 0 Å². The van der Waals surface area contributed by atoms with Gasteiger partial charge in [-0.1, -0.05) is 34.6 Å². The summed E-state index contributed by atoms with van der Waals surface area (Å²) >= 11 is 4.24. The Morgan fingerprint density at radius 3 is 1.00 bits per heavy atom. The normalized spacial score (nSPS) is 8.18. The van der Waals surface area contributed by atoms with Crippen LogP contribution in [-0.4, -0.2) is 13.1 Å². The standard InChI is InChI=1S/C4H11N.C4H10.I2/c1-4(2)5-3;1-4(2)3;1-2/h4-5H,1-3H3;4H,1-3H3;. The van der Waals surface area contributed by atoms with Crippen molar-refractivity contribution in [2.75, 3.05) is 7.05 Å². The van der Waals surface area contributed by atoms with Gasteiger partial charge in [0.05, 0.1) is 0 Å². The predicted octanol–water partition coefficient (Wildman–Crippen LogP) is 4.05. The number of hydrogen-bond acceptors (Lipinski definition) is 1. The number of rotatable bonds is 1. The fourth-order valence-corrected chi connectivity index (χ4v) is 0. The molecule has 0 aromatic carbocycles. The average Bonchev–Trinajstić information content (AvgIpc) is 1.91. The molecule has 0 aliphatic heterocycles. The second kappa shape index (κ2) is 17.5. The Hall–Kier alpha value is 1.42. The number of nitrogens with one attached hydrogen (secondary N) is 1. The van der Waals surface area contributed by atoms with E-state index in [2.05, 4.69) is 77.2 Å². The van der Waals surface area contributed by atoms with Crippen LogP contribution in [0.4, 0.5) is 0 Å². The van der Waals surface area contributed by atoms with Gasteiger partial charge in [0.2, 0.25) is 0 Å². The maximum atomic E-state index is 3.03. The van der Waals surface area contributed by atoms with Crippen molar-refractivity contribution in [3.05, 3.63) is 0 Å². The first kappa shape index (κ1) is 18.3. The molecule has 0 saturated heterocycles. The molecule has 0 aliphatic rings. The molecule has 0 unspecified atom stereocenters. The monoisotopic (exact) mass is 385 g/mol. The summed E-state index contributed by atoms with van der Waals surface area (Å²) in [7, 11) is 1.95. The Balaban J connectivity index is -0.0000000965. The van der Waals surface area contributed by atoms with E-state index >= 15 is 0 Å². The number of hydrogen-bond donors (Lipinski definition) is 1. The van der Waals surface area contributed by atoms with E-state index in [9.17, 15) is 0 Å². The molecular formula is C8H21I2N. The average molecular weight is 385 g/mol. The quantitative estimate of drug-likeness (QED) is 0.672. The Morgan fingerprint density at radius 1 is 0.909 bits per heavy atom. The Morgan fingerprint density at radius 2 is 1.00 bits per heavy atom. The Kier molecular flexibility index (Phi) is 29.0. The highest BCUT2D eigenvalue weighted by atomic mass is 128. The zero-order chi connectivity index (χ0) is 9.86. The van der Waals surface area contributed by atoms with Gasteiger partial charge in [-0.25, -0.2) is 0 Å². The van der Waals surface area contributed by atoms with Crippen LogP contribution in [0, 0.1) is 5.92 Å². The maximum Gasteiger partial charge on any atom is 0.000733 e. The smallest absolute Gasteiger partial charge is 0.000733 e. The maximum absolute atomic E-state index is 3.03. The van der Waals surface area contributed by atoms with Gasteiger partial charge < -0.3 is 5.32 Å². The summed E-state index contributed by atoms with van der Waals surface area (Å²) in [6, 6.07) is 0.634. The van der Waals surface area contributed by atoms with Gasteiger partial charge in [-0.3, -0.25) is 0 Å². The molecule has 0 saturated carbocycles. The molecule has 0 aliphatic carbocycles. The van der Waals surface area contributed by atoms with E-state index in [0.717, 1.165) is 5.92 Å². The summed E-state index contributed by atoms with van der Waals surface area (Å²) in [4.78, 5) is 0. The topological polar surface area (TPSA) is 12.0 Å². The molecule has 0 aromatic rings. The van der Waals surface area contributed by atoms with Gasteiger partial charge in [-0.15, -0.1) is 0 Å². The fraction of sp³-hybridized carbons (Fsp3) is 1.00. The van der Waals surface area contributed by atoms with Crippen LogP contribution in [0.3, 0.4) is 0 Å². The van der Waals surface area contributed by atoms with Gasteiger partial charge in [-0.2, -0.15) is 0 Å². The van der Waals surface area contributed by atoms with E-state index in [1.165, 1.54) is 0 Å². The minimum absolute atomic E-state index is 0.634. The van der Waals surface area contributed by atoms with Crippen molar-refractivity contribution in [2.45, 2.75) is 40.7 Å². The van der Waals surface area contributed by atoms with Gasteiger partial charge in [-0.05, 0) is 13.0 Å². The molecule has 72 valence electrons. The van der Waals surface area contributed by atoms with Crippen molar-refractivity contribution in [3.8, 4) is 0 Å². The van der Waals surface area contributed by atoms with Crippen LogP contribution >= 0.6 is 37.2 Å². The molecule has 1 nitrogen and oxygen atoms in total. The molecule has 0 aromatic heterocycles. The zero-order valence-electron chi connectivity index (χ0n) is 8.41. The highest BCUT2D eigenvalue weighted by molar-refractivity contribution is 15.0. The molecule has 11 heavy (non-hydrogen) atoms. The van der Waals surface area contributed by atoms with Crippen LogP contribution in [0.15, 0.2) is 0 Å². The van der Waals surface area contributed by atoms with Crippen LogP contribution in [0.5, 0.6) is 0 Å². The third kappa shape index (κ3) is 86.6. The Labute approximate surface area is 95.4 Å². The van der Waals surface area contributed by atoms with Gasteiger partial charge in [0.15, 0.2) is 0 Å². The summed E-state index contributed by atoms with van der Waals surface area (Å²) in [6.07, 6.45) is 0. The summed E-state index contributed by atoms with van der Waals surface area (Å²) in [5.41, 5.74) is 0. The first-order valence-corrected chi connectivity index (χ1v) is 10.1. The molecular weight excluding hydrogens is 364 g/mol. The fourth-order valence-electron chi connectivity index (χ4n) is 0. The third-order valence-electron chi connectivity index (χ3n) is 0.577. The molecule has 0 fully saturated rings. The Bertz CT molecular complexity index is 44.6. The van der Waals surface area contributed by atoms with Crippen LogP contribution < -0.4 is 5.32 Å². The first-order valence-electron chi connectivity index (χ1n) is 3.82. The van der Waals surface area contributed by atoms with Gasteiger partial charge in [0.25, 0.3) is 0 Å². The largest absolute Gasteiger partial charge is 0.318 e. The van der Waals surface area contributed by atoms with Gasteiger partial charge in [0, 0.05) is 43.3 Å². The highest BCUT2D eigenvalue weighted by Gasteiger charge is 1.76. The van der Waals surface area contributed by atoms with Crippen LogP contribution in [-0.2, 0) is 0 Å². The van der Waals surface area contributed by atoms with E-state index < -0.39 is 0 Å². The van der Waals surface area contributed by atoms with E-state index in [1.807, 2.05) is 7.05 Å². The zero-order valence-corrected chi connectivity index (χ0v) is 12.7. The summed E-state index contributed by atoms with van der Waals surface area (Å²) in [5.74, 6) is 0.833. The van der Waals surface area contributed by atoms with E-state index in [4.69, 9.17) is 0 Å². The van der Waals surface area contributed by atoms with Gasteiger partial charge >= 0.3 is 0 Å². The predicted molar refractivity (Wildman–Crippen MR) is 72.7 cm³/mol. The second-order valence-electron chi connectivity index (χ2n) is 3.18. The summed E-state index contributed by atoms with van der Waals surface area (Å²) < 4.78 is 0. The van der Waals surface area contributed by atoms with Crippen molar-refractivity contribution in [2.24, 2.45) is 5.92 Å². The van der Waals surface area contributed by atoms with Crippen molar-refractivity contribution in [3.63, 3.8) is 0 Å². The molecule has 0 heterocycles. The van der Waals surface area contributed by atoms with Gasteiger partial charge in [0.1, 0.15) is 0 Å². The lowest BCUT2D eigenvalue weighted by atomic mass is 10.3. The molecule has 0 amide bonds. The van der Waals surface area contributed by atoms with Crippen molar-refractivity contribution in [1.82, 2.24) is 5.32 Å². The summed E-state index contributed by atoms with van der Waals surface area (Å²) in [6.45, 7) is 10.7. The lowest BCUT2D eigenvalue weighted by molar-refractivity contribution is 0.668. The molecule has 0 bridgehead atoms. The summed E-state index contributed by atoms with van der Waals surface area (Å²) in [5, 5.41) is 3.03. The van der Waals surface area contributed by atoms with E-state index in [0.29, 0.717) is 6.04 Å². The van der Waals surface area contributed by atoms with Crippen LogP contribution in [0.25, 0.3) is 0 Å². The lowest BCUT2D eigenvalue weighted by Crippen LogP contribution is -2.15.